The summed E-state index contributed by atoms with van der Waals surface area (Å²) in [6, 6.07) is 0.531. The Kier molecular flexibility index (Phi) is 4.68. The smallest absolute Gasteiger partial charge is 0.311 e. The molecule has 3 heteroatoms. The second kappa shape index (κ2) is 7.09. The quantitative estimate of drug-likeness (QED) is 0.500. The first-order valence-corrected chi connectivity index (χ1v) is 13.1. The van der Waals surface area contributed by atoms with Crippen LogP contribution in [0.5, 0.6) is 0 Å². The molecule has 3 bridgehead atoms. The topological polar surface area (TPSA) is 38.3 Å². The standard InChI is InChI=1S/C27H41NO2/c1-15-5-4-8-27(3)13-24-21(12-23(15)27)22(26(29)30-24)14-28-16(2)25-19-7-6-18-9-17(10-19)11-20(18)25/h12,15-22,24-25,28H,4-11,13-14H2,1-3H3/t15-,16-,17-,18+,19-,20+,21+,22-,24+,25+,27+/m0/s1. The molecular formula is C27H41NO2. The molecule has 0 radical (unpaired) electrons. The zero-order valence-electron chi connectivity index (χ0n) is 19.2. The summed E-state index contributed by atoms with van der Waals surface area (Å²) in [5.41, 5.74) is 1.89. The van der Waals surface area contributed by atoms with Gasteiger partial charge in [-0.2, -0.15) is 0 Å². The van der Waals surface area contributed by atoms with Crippen LogP contribution in [0.4, 0.5) is 0 Å². The third kappa shape index (κ3) is 2.97. The summed E-state index contributed by atoms with van der Waals surface area (Å²) in [5, 5.41) is 3.89. The van der Waals surface area contributed by atoms with Crippen LogP contribution in [0.2, 0.25) is 0 Å². The maximum atomic E-state index is 12.9. The molecule has 4 saturated carbocycles. The lowest BCUT2D eigenvalue weighted by molar-refractivity contribution is -0.145. The van der Waals surface area contributed by atoms with Gasteiger partial charge in [-0.25, -0.2) is 0 Å². The summed E-state index contributed by atoms with van der Waals surface area (Å²) in [5.74, 6) is 5.78. The molecule has 0 aromatic carbocycles. The summed E-state index contributed by atoms with van der Waals surface area (Å²) in [7, 11) is 0. The van der Waals surface area contributed by atoms with Gasteiger partial charge in [-0.1, -0.05) is 31.9 Å². The van der Waals surface area contributed by atoms with Crippen LogP contribution >= 0.6 is 0 Å². The minimum atomic E-state index is 0.0146. The van der Waals surface area contributed by atoms with Crippen molar-refractivity contribution in [2.45, 2.75) is 90.7 Å². The number of carbonyl (C=O) groups is 1. The highest BCUT2D eigenvalue weighted by atomic mass is 16.6. The molecule has 6 aliphatic rings. The van der Waals surface area contributed by atoms with E-state index in [0.29, 0.717) is 17.9 Å². The van der Waals surface area contributed by atoms with E-state index >= 15 is 0 Å². The van der Waals surface area contributed by atoms with Crippen molar-refractivity contribution in [3.63, 3.8) is 0 Å². The molecule has 1 heterocycles. The fourth-order valence-electron chi connectivity index (χ4n) is 9.46. The number of hydrogen-bond donors (Lipinski definition) is 1. The molecule has 0 aromatic heterocycles. The lowest BCUT2D eigenvalue weighted by atomic mass is 9.59. The Balaban J connectivity index is 1.16. The molecule has 1 saturated heterocycles. The average Bonchev–Trinajstić information content (AvgIpc) is 3.10. The number of hydrogen-bond acceptors (Lipinski definition) is 3. The summed E-state index contributed by atoms with van der Waals surface area (Å²) in [6.45, 7) is 8.03. The molecule has 0 spiro atoms. The van der Waals surface area contributed by atoms with Crippen LogP contribution in [-0.4, -0.2) is 24.7 Å². The van der Waals surface area contributed by atoms with E-state index in [1.807, 2.05) is 0 Å². The number of fused-ring (bicyclic) bond motifs is 4. The Morgan fingerprint density at radius 3 is 2.87 bits per heavy atom. The Morgan fingerprint density at radius 1 is 1.20 bits per heavy atom. The molecule has 0 unspecified atom stereocenters. The zero-order valence-corrected chi connectivity index (χ0v) is 19.2. The summed E-state index contributed by atoms with van der Waals surface area (Å²) >= 11 is 0. The van der Waals surface area contributed by atoms with E-state index in [0.717, 1.165) is 42.6 Å². The molecular weight excluding hydrogens is 370 g/mol. The van der Waals surface area contributed by atoms with Crippen molar-refractivity contribution in [2.75, 3.05) is 6.54 Å². The van der Waals surface area contributed by atoms with Crippen LogP contribution in [0.25, 0.3) is 0 Å². The Bertz CT molecular complexity index is 745. The van der Waals surface area contributed by atoms with E-state index in [1.165, 1.54) is 51.4 Å². The van der Waals surface area contributed by atoms with Gasteiger partial charge in [0.2, 0.25) is 0 Å². The molecule has 5 aliphatic carbocycles. The number of allylic oxidation sites excluding steroid dienone is 1. The lowest BCUT2D eigenvalue weighted by Crippen LogP contribution is -2.48. The SMILES string of the molecule is C[C@H](NC[C@@H]1C(=O)O[C@@H]2C[C@@]3(C)CCC[C@H](C)C3=C[C@H]12)[C@@H]1[C@H]2CC[C@@H]3C[C@@H](C2)C[C@H]31. The second-order valence-electron chi connectivity index (χ2n) is 12.4. The Hall–Kier alpha value is -0.830. The minimum absolute atomic E-state index is 0.0146. The third-order valence-electron chi connectivity index (χ3n) is 10.7. The van der Waals surface area contributed by atoms with Crippen molar-refractivity contribution in [1.82, 2.24) is 5.32 Å². The summed E-state index contributed by atoms with van der Waals surface area (Å²) in [4.78, 5) is 12.9. The van der Waals surface area contributed by atoms with Crippen molar-refractivity contribution in [2.24, 2.45) is 52.8 Å². The Morgan fingerprint density at radius 2 is 2.00 bits per heavy atom. The highest BCUT2D eigenvalue weighted by molar-refractivity contribution is 5.76. The van der Waals surface area contributed by atoms with Gasteiger partial charge in [0, 0.05) is 18.5 Å². The van der Waals surface area contributed by atoms with Crippen molar-refractivity contribution in [1.29, 1.82) is 0 Å². The molecule has 0 aromatic rings. The molecule has 1 N–H and O–H groups in total. The van der Waals surface area contributed by atoms with Gasteiger partial charge in [-0.05, 0) is 99.2 Å². The fourth-order valence-corrected chi connectivity index (χ4v) is 9.46. The van der Waals surface area contributed by atoms with Crippen LogP contribution in [0.15, 0.2) is 11.6 Å². The van der Waals surface area contributed by atoms with Crippen molar-refractivity contribution in [3.05, 3.63) is 11.6 Å². The largest absolute Gasteiger partial charge is 0.461 e. The van der Waals surface area contributed by atoms with Crippen LogP contribution < -0.4 is 5.32 Å². The van der Waals surface area contributed by atoms with E-state index in [4.69, 9.17) is 4.74 Å². The monoisotopic (exact) mass is 411 g/mol. The molecule has 6 rings (SSSR count). The molecule has 0 amide bonds. The van der Waals surface area contributed by atoms with Crippen LogP contribution in [-0.2, 0) is 9.53 Å². The highest BCUT2D eigenvalue weighted by Crippen LogP contribution is 2.59. The molecule has 1 aliphatic heterocycles. The van der Waals surface area contributed by atoms with Crippen LogP contribution in [0.3, 0.4) is 0 Å². The number of carbonyl (C=O) groups excluding carboxylic acids is 1. The maximum Gasteiger partial charge on any atom is 0.311 e. The van der Waals surface area contributed by atoms with Crippen molar-refractivity contribution in [3.8, 4) is 0 Å². The van der Waals surface area contributed by atoms with Gasteiger partial charge in [0.1, 0.15) is 6.10 Å². The molecule has 5 fully saturated rings. The number of rotatable bonds is 4. The highest BCUT2D eigenvalue weighted by Gasteiger charge is 2.53. The van der Waals surface area contributed by atoms with Gasteiger partial charge in [0.15, 0.2) is 0 Å². The van der Waals surface area contributed by atoms with Crippen molar-refractivity contribution < 1.29 is 9.53 Å². The average molecular weight is 412 g/mol. The predicted molar refractivity (Wildman–Crippen MR) is 119 cm³/mol. The number of esters is 1. The Labute approximate surface area is 182 Å². The van der Waals surface area contributed by atoms with Gasteiger partial charge in [0.25, 0.3) is 0 Å². The van der Waals surface area contributed by atoms with Gasteiger partial charge in [-0.15, -0.1) is 0 Å². The molecule has 11 atom stereocenters. The van der Waals surface area contributed by atoms with E-state index in [-0.39, 0.29) is 23.4 Å². The fraction of sp³-hybridized carbons (Fsp3) is 0.889. The number of nitrogens with one attached hydrogen (secondary N) is 1. The van der Waals surface area contributed by atoms with Gasteiger partial charge < -0.3 is 10.1 Å². The molecule has 3 nitrogen and oxygen atoms in total. The van der Waals surface area contributed by atoms with E-state index in [1.54, 1.807) is 5.57 Å². The predicted octanol–water partition coefficient (Wildman–Crippen LogP) is 5.35. The normalized spacial score (nSPS) is 52.4. The minimum Gasteiger partial charge on any atom is -0.461 e. The van der Waals surface area contributed by atoms with Gasteiger partial charge >= 0.3 is 5.97 Å². The van der Waals surface area contributed by atoms with Crippen molar-refractivity contribution >= 4 is 5.97 Å². The van der Waals surface area contributed by atoms with Crippen LogP contribution in [0.1, 0.15) is 78.6 Å². The van der Waals surface area contributed by atoms with E-state index in [9.17, 15) is 4.79 Å². The maximum absolute atomic E-state index is 12.9. The number of ether oxygens (including phenoxy) is 1. The van der Waals surface area contributed by atoms with E-state index < -0.39 is 0 Å². The third-order valence-corrected chi connectivity index (χ3v) is 10.7. The summed E-state index contributed by atoms with van der Waals surface area (Å²) in [6.07, 6.45) is 14.9. The second-order valence-corrected chi connectivity index (χ2v) is 12.4. The van der Waals surface area contributed by atoms with Crippen LogP contribution in [0, 0.1) is 52.8 Å². The van der Waals surface area contributed by atoms with Gasteiger partial charge in [0.05, 0.1) is 5.92 Å². The van der Waals surface area contributed by atoms with Gasteiger partial charge in [-0.3, -0.25) is 4.79 Å². The first-order valence-electron chi connectivity index (χ1n) is 13.1. The zero-order chi connectivity index (χ0) is 20.6. The molecule has 30 heavy (non-hydrogen) atoms. The van der Waals surface area contributed by atoms with E-state index in [2.05, 4.69) is 32.2 Å². The first kappa shape index (κ1) is 19.8. The molecule has 166 valence electrons. The first-order chi connectivity index (χ1) is 14.4. The summed E-state index contributed by atoms with van der Waals surface area (Å²) < 4.78 is 5.98. The lowest BCUT2D eigenvalue weighted by Gasteiger charge is -2.46.